The average molecular weight is 238 g/mol. The molecule has 0 spiro atoms. The van der Waals surface area contributed by atoms with Gasteiger partial charge >= 0.3 is 0 Å². The van der Waals surface area contributed by atoms with Crippen molar-refractivity contribution in [3.63, 3.8) is 0 Å². The molecule has 0 aliphatic carbocycles. The predicted molar refractivity (Wildman–Crippen MR) is 71.6 cm³/mol. The highest BCUT2D eigenvalue weighted by Crippen LogP contribution is 2.16. The molecular weight excluding hydrogens is 212 g/mol. The molecular formula is C14H26N2O. The van der Waals surface area contributed by atoms with E-state index in [2.05, 4.69) is 25.7 Å². The Bertz CT molecular complexity index is 305. The van der Waals surface area contributed by atoms with Crippen molar-refractivity contribution in [3.8, 4) is 0 Å². The van der Waals surface area contributed by atoms with Gasteiger partial charge in [0.05, 0.1) is 12.8 Å². The van der Waals surface area contributed by atoms with Crippen molar-refractivity contribution in [3.05, 3.63) is 23.7 Å². The number of furan rings is 1. The summed E-state index contributed by atoms with van der Waals surface area (Å²) < 4.78 is 5.52. The largest absolute Gasteiger partial charge is 0.468 e. The molecule has 1 aromatic rings. The second-order valence-corrected chi connectivity index (χ2v) is 4.58. The lowest BCUT2D eigenvalue weighted by atomic mass is 10.0. The molecule has 2 N–H and O–H groups in total. The molecule has 0 bridgehead atoms. The molecule has 0 aromatic carbocycles. The molecule has 0 saturated carbocycles. The van der Waals surface area contributed by atoms with Gasteiger partial charge in [-0.2, -0.15) is 0 Å². The highest BCUT2D eigenvalue weighted by atomic mass is 16.3. The molecule has 1 aromatic heterocycles. The smallest absolute Gasteiger partial charge is 0.122 e. The van der Waals surface area contributed by atoms with Gasteiger partial charge in [-0.1, -0.05) is 33.6 Å². The molecule has 0 radical (unpaired) electrons. The Hall–Kier alpha value is -0.800. The van der Waals surface area contributed by atoms with Crippen LogP contribution in [0.5, 0.6) is 0 Å². The minimum atomic E-state index is 0.564. The summed E-state index contributed by atoms with van der Waals surface area (Å²) in [4.78, 5) is 2.44. The van der Waals surface area contributed by atoms with Crippen LogP contribution in [0.25, 0.3) is 0 Å². The lowest BCUT2D eigenvalue weighted by Crippen LogP contribution is -2.29. The monoisotopic (exact) mass is 238 g/mol. The van der Waals surface area contributed by atoms with Gasteiger partial charge in [-0.25, -0.2) is 0 Å². The van der Waals surface area contributed by atoms with E-state index in [-0.39, 0.29) is 0 Å². The Balaban J connectivity index is 2.57. The Morgan fingerprint density at radius 3 is 2.53 bits per heavy atom. The molecule has 3 heteroatoms. The van der Waals surface area contributed by atoms with Gasteiger partial charge in [0, 0.05) is 18.7 Å². The number of nitrogens with zero attached hydrogens (tertiary/aromatic N) is 1. The Morgan fingerprint density at radius 1 is 1.29 bits per heavy atom. The van der Waals surface area contributed by atoms with Crippen molar-refractivity contribution in [2.75, 3.05) is 13.1 Å². The molecule has 17 heavy (non-hydrogen) atoms. The molecule has 0 atom stereocenters. The molecule has 3 nitrogen and oxygen atoms in total. The van der Waals surface area contributed by atoms with Crippen molar-refractivity contribution in [2.45, 2.75) is 46.7 Å². The molecule has 0 unspecified atom stereocenters. The summed E-state index contributed by atoms with van der Waals surface area (Å²) in [5.41, 5.74) is 6.82. The van der Waals surface area contributed by atoms with Crippen LogP contribution in [0.4, 0.5) is 0 Å². The van der Waals surface area contributed by atoms with E-state index in [1.54, 1.807) is 6.26 Å². The second-order valence-electron chi connectivity index (χ2n) is 4.58. The van der Waals surface area contributed by atoms with Crippen molar-refractivity contribution < 1.29 is 4.42 Å². The van der Waals surface area contributed by atoms with Gasteiger partial charge in [-0.15, -0.1) is 0 Å². The fourth-order valence-electron chi connectivity index (χ4n) is 2.11. The van der Waals surface area contributed by atoms with E-state index in [0.717, 1.165) is 36.9 Å². The predicted octanol–water partition coefficient (Wildman–Crippen LogP) is 3.00. The molecule has 98 valence electrons. The van der Waals surface area contributed by atoms with E-state index < -0.39 is 0 Å². The van der Waals surface area contributed by atoms with Crippen LogP contribution in [0.3, 0.4) is 0 Å². The van der Waals surface area contributed by atoms with Crippen molar-refractivity contribution in [2.24, 2.45) is 11.7 Å². The molecule has 1 heterocycles. The Morgan fingerprint density at radius 2 is 2.00 bits per heavy atom. The van der Waals surface area contributed by atoms with Gasteiger partial charge in [-0.05, 0) is 18.5 Å². The summed E-state index contributed by atoms with van der Waals surface area (Å²) in [6.45, 7) is 10.4. The first kappa shape index (κ1) is 14.3. The zero-order valence-electron chi connectivity index (χ0n) is 11.4. The topological polar surface area (TPSA) is 42.4 Å². The highest BCUT2D eigenvalue weighted by molar-refractivity contribution is 5.16. The minimum absolute atomic E-state index is 0.564. The van der Waals surface area contributed by atoms with E-state index in [0.29, 0.717) is 6.54 Å². The first-order valence-corrected chi connectivity index (χ1v) is 6.72. The Labute approximate surface area is 105 Å². The van der Waals surface area contributed by atoms with Gasteiger partial charge in [0.1, 0.15) is 5.76 Å². The van der Waals surface area contributed by atoms with Crippen LogP contribution in [0.1, 0.15) is 44.9 Å². The first-order valence-electron chi connectivity index (χ1n) is 6.72. The maximum Gasteiger partial charge on any atom is 0.122 e. The molecule has 0 fully saturated rings. The van der Waals surface area contributed by atoms with Gasteiger partial charge in [0.25, 0.3) is 0 Å². The van der Waals surface area contributed by atoms with Crippen LogP contribution < -0.4 is 5.73 Å². The summed E-state index contributed by atoms with van der Waals surface area (Å²) in [7, 11) is 0. The number of hydrogen-bond acceptors (Lipinski definition) is 3. The van der Waals surface area contributed by atoms with E-state index in [1.165, 1.54) is 12.8 Å². The van der Waals surface area contributed by atoms with Gasteiger partial charge in [-0.3, -0.25) is 4.90 Å². The van der Waals surface area contributed by atoms with Gasteiger partial charge < -0.3 is 10.2 Å². The molecule has 0 amide bonds. The SMILES string of the molecule is CCC(CC)CN(CC)Cc1occc1CN. The lowest BCUT2D eigenvalue weighted by molar-refractivity contribution is 0.210. The zero-order valence-corrected chi connectivity index (χ0v) is 11.4. The molecule has 1 rings (SSSR count). The van der Waals surface area contributed by atoms with Crippen LogP contribution in [-0.2, 0) is 13.1 Å². The summed E-state index contributed by atoms with van der Waals surface area (Å²) >= 11 is 0. The second kappa shape index (κ2) is 7.51. The van der Waals surface area contributed by atoms with E-state index in [9.17, 15) is 0 Å². The van der Waals surface area contributed by atoms with Crippen LogP contribution >= 0.6 is 0 Å². The lowest BCUT2D eigenvalue weighted by Gasteiger charge is -2.24. The van der Waals surface area contributed by atoms with Crippen molar-refractivity contribution in [1.29, 1.82) is 0 Å². The fraction of sp³-hybridized carbons (Fsp3) is 0.714. The van der Waals surface area contributed by atoms with Crippen LogP contribution in [0, 0.1) is 5.92 Å². The first-order chi connectivity index (χ1) is 8.24. The summed E-state index contributed by atoms with van der Waals surface area (Å²) in [6, 6.07) is 1.97. The minimum Gasteiger partial charge on any atom is -0.468 e. The number of rotatable bonds is 8. The van der Waals surface area contributed by atoms with Crippen molar-refractivity contribution in [1.82, 2.24) is 4.90 Å². The molecule has 0 saturated heterocycles. The third-order valence-corrected chi connectivity index (χ3v) is 3.54. The van der Waals surface area contributed by atoms with Crippen LogP contribution in [0.2, 0.25) is 0 Å². The average Bonchev–Trinajstić information content (AvgIpc) is 2.81. The normalized spacial score (nSPS) is 11.6. The van der Waals surface area contributed by atoms with E-state index in [4.69, 9.17) is 10.2 Å². The molecule has 0 aliphatic rings. The maximum absolute atomic E-state index is 5.69. The van der Waals surface area contributed by atoms with Gasteiger partial charge in [0.2, 0.25) is 0 Å². The quantitative estimate of drug-likeness (QED) is 0.757. The van der Waals surface area contributed by atoms with E-state index in [1.807, 2.05) is 6.07 Å². The summed E-state index contributed by atoms with van der Waals surface area (Å²) in [5.74, 6) is 1.81. The van der Waals surface area contributed by atoms with E-state index >= 15 is 0 Å². The van der Waals surface area contributed by atoms with Crippen LogP contribution in [-0.4, -0.2) is 18.0 Å². The number of nitrogens with two attached hydrogens (primary N) is 1. The zero-order chi connectivity index (χ0) is 12.7. The third-order valence-electron chi connectivity index (χ3n) is 3.54. The van der Waals surface area contributed by atoms with Gasteiger partial charge in [0.15, 0.2) is 0 Å². The fourth-order valence-corrected chi connectivity index (χ4v) is 2.11. The maximum atomic E-state index is 5.69. The Kier molecular flexibility index (Phi) is 6.30. The third kappa shape index (κ3) is 4.17. The number of hydrogen-bond donors (Lipinski definition) is 1. The standard InChI is InChI=1S/C14H26N2O/c1-4-12(5-2)10-16(6-3)11-14-13(9-15)7-8-17-14/h7-8,12H,4-6,9-11,15H2,1-3H3. The molecule has 0 aliphatic heterocycles. The summed E-state index contributed by atoms with van der Waals surface area (Å²) in [6.07, 6.45) is 4.23. The van der Waals surface area contributed by atoms with Crippen molar-refractivity contribution >= 4 is 0 Å². The highest BCUT2D eigenvalue weighted by Gasteiger charge is 2.13. The summed E-state index contributed by atoms with van der Waals surface area (Å²) in [5, 5.41) is 0. The van der Waals surface area contributed by atoms with Crippen LogP contribution in [0.15, 0.2) is 16.7 Å².